The molecule has 0 aromatic heterocycles. The van der Waals surface area contributed by atoms with Crippen LogP contribution in [-0.4, -0.2) is 7.05 Å². The molecular weight excluding hydrogens is 234 g/mol. The summed E-state index contributed by atoms with van der Waals surface area (Å²) in [5, 5.41) is 0. The van der Waals surface area contributed by atoms with Gasteiger partial charge in [-0.2, -0.15) is 0 Å². The van der Waals surface area contributed by atoms with E-state index in [2.05, 4.69) is 0 Å². The Morgan fingerprint density at radius 1 is 1.00 bits per heavy atom. The Morgan fingerprint density at radius 3 is 2.39 bits per heavy atom. The number of benzene rings is 2. The van der Waals surface area contributed by atoms with E-state index in [1.54, 1.807) is 18.0 Å². The highest BCUT2D eigenvalue weighted by molar-refractivity contribution is 5.74. The van der Waals surface area contributed by atoms with E-state index in [0.717, 1.165) is 23.4 Å². The topological polar surface area (TPSA) is 29.3 Å². The maximum absolute atomic E-state index is 13.2. The predicted octanol–water partition coefficient (Wildman–Crippen LogP) is 3.62. The molecule has 0 bridgehead atoms. The van der Waals surface area contributed by atoms with Gasteiger partial charge in [0.15, 0.2) is 11.6 Å². The first kappa shape index (κ1) is 12.4. The Labute approximate surface area is 105 Å². The zero-order valence-corrected chi connectivity index (χ0v) is 10.2. The maximum Gasteiger partial charge on any atom is 0.160 e. The number of anilines is 3. The predicted molar refractivity (Wildman–Crippen MR) is 70.0 cm³/mol. The van der Waals surface area contributed by atoms with E-state index < -0.39 is 11.6 Å². The lowest BCUT2D eigenvalue weighted by atomic mass is 10.1. The molecule has 2 nitrogen and oxygen atoms in total. The van der Waals surface area contributed by atoms with Crippen molar-refractivity contribution in [2.75, 3.05) is 17.7 Å². The number of halogens is 2. The van der Waals surface area contributed by atoms with Gasteiger partial charge >= 0.3 is 0 Å². The first-order chi connectivity index (χ1) is 8.49. The number of nitrogen functional groups attached to an aromatic ring is 1. The number of nitrogens with zero attached hydrogens (tertiary/aromatic N) is 1. The van der Waals surface area contributed by atoms with Crippen LogP contribution in [0.15, 0.2) is 36.4 Å². The summed E-state index contributed by atoms with van der Waals surface area (Å²) in [5.41, 5.74) is 8.84. The maximum atomic E-state index is 13.2. The largest absolute Gasteiger partial charge is 0.397 e. The van der Waals surface area contributed by atoms with Crippen LogP contribution in [-0.2, 0) is 0 Å². The summed E-state index contributed by atoms with van der Waals surface area (Å²) < 4.78 is 26.1. The van der Waals surface area contributed by atoms with Gasteiger partial charge in [0, 0.05) is 18.8 Å². The van der Waals surface area contributed by atoms with Crippen LogP contribution in [0.25, 0.3) is 0 Å². The Bertz CT molecular complexity index is 582. The molecular formula is C14H14F2N2. The van der Waals surface area contributed by atoms with Crippen LogP contribution in [0.5, 0.6) is 0 Å². The molecule has 0 spiro atoms. The normalized spacial score (nSPS) is 10.4. The van der Waals surface area contributed by atoms with Gasteiger partial charge in [0.1, 0.15) is 0 Å². The van der Waals surface area contributed by atoms with Crippen molar-refractivity contribution in [2.24, 2.45) is 0 Å². The molecule has 0 unspecified atom stereocenters. The number of nitrogens with two attached hydrogens (primary N) is 1. The highest BCUT2D eigenvalue weighted by atomic mass is 19.2. The summed E-state index contributed by atoms with van der Waals surface area (Å²) in [6.45, 7) is 1.95. The van der Waals surface area contributed by atoms with Crippen LogP contribution < -0.4 is 10.6 Å². The van der Waals surface area contributed by atoms with Crippen molar-refractivity contribution in [1.82, 2.24) is 0 Å². The summed E-state index contributed by atoms with van der Waals surface area (Å²) in [4.78, 5) is 1.73. The number of hydrogen-bond donors (Lipinski definition) is 1. The lowest BCUT2D eigenvalue weighted by molar-refractivity contribution is 0.509. The molecule has 18 heavy (non-hydrogen) atoms. The van der Waals surface area contributed by atoms with Crippen LogP contribution in [0.1, 0.15) is 5.56 Å². The SMILES string of the molecule is Cc1ccc(N)c(N(C)c2ccc(F)c(F)c2)c1. The molecule has 94 valence electrons. The zero-order valence-electron chi connectivity index (χ0n) is 10.2. The quantitative estimate of drug-likeness (QED) is 0.822. The van der Waals surface area contributed by atoms with Crippen molar-refractivity contribution in [2.45, 2.75) is 6.92 Å². The van der Waals surface area contributed by atoms with Crippen LogP contribution >= 0.6 is 0 Å². The number of hydrogen-bond acceptors (Lipinski definition) is 2. The molecule has 0 saturated carbocycles. The second kappa shape index (κ2) is 4.64. The first-order valence-corrected chi connectivity index (χ1v) is 5.54. The minimum atomic E-state index is -0.870. The summed E-state index contributed by atoms with van der Waals surface area (Å²) in [5.74, 6) is -1.73. The van der Waals surface area contributed by atoms with Gasteiger partial charge in [0.2, 0.25) is 0 Å². The minimum absolute atomic E-state index is 0.547. The molecule has 0 atom stereocenters. The monoisotopic (exact) mass is 248 g/mol. The third kappa shape index (κ3) is 2.27. The van der Waals surface area contributed by atoms with E-state index in [0.29, 0.717) is 11.4 Å². The molecule has 2 rings (SSSR count). The van der Waals surface area contributed by atoms with Gasteiger partial charge in [0.25, 0.3) is 0 Å². The second-order valence-corrected chi connectivity index (χ2v) is 4.22. The third-order valence-electron chi connectivity index (χ3n) is 2.84. The van der Waals surface area contributed by atoms with Gasteiger partial charge in [-0.25, -0.2) is 8.78 Å². The number of aryl methyl sites for hydroxylation is 1. The molecule has 0 fully saturated rings. The summed E-state index contributed by atoms with van der Waals surface area (Å²) in [7, 11) is 1.76. The minimum Gasteiger partial charge on any atom is -0.397 e. The Kier molecular flexibility index (Phi) is 3.19. The van der Waals surface area contributed by atoms with Crippen LogP contribution in [0.2, 0.25) is 0 Å². The van der Waals surface area contributed by atoms with E-state index in [9.17, 15) is 8.78 Å². The van der Waals surface area contributed by atoms with Crippen molar-refractivity contribution in [3.05, 3.63) is 53.6 Å². The summed E-state index contributed by atoms with van der Waals surface area (Å²) >= 11 is 0. The van der Waals surface area contributed by atoms with Gasteiger partial charge < -0.3 is 10.6 Å². The first-order valence-electron chi connectivity index (χ1n) is 5.54. The Hall–Kier alpha value is -2.10. The van der Waals surface area contributed by atoms with E-state index in [1.807, 2.05) is 19.1 Å². The standard InChI is InChI=1S/C14H14F2N2/c1-9-3-6-13(17)14(7-9)18(2)10-4-5-11(15)12(16)8-10/h3-8H,17H2,1-2H3. The molecule has 0 radical (unpaired) electrons. The van der Waals surface area contributed by atoms with Crippen LogP contribution in [0, 0.1) is 18.6 Å². The van der Waals surface area contributed by atoms with Gasteiger partial charge in [-0.15, -0.1) is 0 Å². The molecule has 0 saturated heterocycles. The Morgan fingerprint density at radius 2 is 1.72 bits per heavy atom. The van der Waals surface area contributed by atoms with Gasteiger partial charge in [0.05, 0.1) is 11.4 Å². The van der Waals surface area contributed by atoms with Crippen molar-refractivity contribution in [3.63, 3.8) is 0 Å². The fraction of sp³-hybridized carbons (Fsp3) is 0.143. The lowest BCUT2D eigenvalue weighted by Crippen LogP contribution is -2.12. The molecule has 2 aromatic carbocycles. The highest BCUT2D eigenvalue weighted by Crippen LogP contribution is 2.30. The molecule has 0 aliphatic rings. The number of rotatable bonds is 2. The van der Waals surface area contributed by atoms with Crippen LogP contribution in [0.3, 0.4) is 0 Å². The Balaban J connectivity index is 2.44. The van der Waals surface area contributed by atoms with Crippen molar-refractivity contribution < 1.29 is 8.78 Å². The van der Waals surface area contributed by atoms with Crippen molar-refractivity contribution >= 4 is 17.1 Å². The van der Waals surface area contributed by atoms with E-state index >= 15 is 0 Å². The molecule has 0 aliphatic carbocycles. The fourth-order valence-corrected chi connectivity index (χ4v) is 1.78. The fourth-order valence-electron chi connectivity index (χ4n) is 1.78. The average molecular weight is 248 g/mol. The van der Waals surface area contributed by atoms with E-state index in [1.165, 1.54) is 6.07 Å². The van der Waals surface area contributed by atoms with Crippen molar-refractivity contribution in [1.29, 1.82) is 0 Å². The zero-order chi connectivity index (χ0) is 13.3. The van der Waals surface area contributed by atoms with Crippen molar-refractivity contribution in [3.8, 4) is 0 Å². The molecule has 0 heterocycles. The highest BCUT2D eigenvalue weighted by Gasteiger charge is 2.10. The molecule has 0 aliphatic heterocycles. The van der Waals surface area contributed by atoms with E-state index in [-0.39, 0.29) is 0 Å². The molecule has 2 aromatic rings. The van der Waals surface area contributed by atoms with Gasteiger partial charge in [-0.05, 0) is 36.8 Å². The van der Waals surface area contributed by atoms with Crippen LogP contribution in [0.4, 0.5) is 25.8 Å². The smallest absolute Gasteiger partial charge is 0.160 e. The van der Waals surface area contributed by atoms with Gasteiger partial charge in [-0.1, -0.05) is 6.07 Å². The average Bonchev–Trinajstić information content (AvgIpc) is 2.35. The molecule has 2 N–H and O–H groups in total. The lowest BCUT2D eigenvalue weighted by Gasteiger charge is -2.21. The third-order valence-corrected chi connectivity index (χ3v) is 2.84. The van der Waals surface area contributed by atoms with Gasteiger partial charge in [-0.3, -0.25) is 0 Å². The summed E-state index contributed by atoms with van der Waals surface area (Å²) in [6.07, 6.45) is 0. The summed E-state index contributed by atoms with van der Waals surface area (Å²) in [6, 6.07) is 9.36. The molecule has 0 amide bonds. The second-order valence-electron chi connectivity index (χ2n) is 4.22. The molecule has 4 heteroatoms. The van der Waals surface area contributed by atoms with E-state index in [4.69, 9.17) is 5.73 Å².